The Kier molecular flexibility index (Phi) is 7.01. The number of amides is 2. The molecule has 0 bridgehead atoms. The molecule has 2 aromatic carbocycles. The summed E-state index contributed by atoms with van der Waals surface area (Å²) >= 11 is 6.06. The number of rotatable bonds is 4. The molecule has 0 radical (unpaired) electrons. The number of nitrogens with one attached hydrogen (secondary N) is 1. The first kappa shape index (κ1) is 27.6. The van der Waals surface area contributed by atoms with E-state index < -0.39 is 5.60 Å². The topological polar surface area (TPSA) is 147 Å². The highest BCUT2D eigenvalue weighted by molar-refractivity contribution is 6.31. The van der Waals surface area contributed by atoms with Gasteiger partial charge < -0.3 is 30.2 Å². The number of nitrogen functional groups attached to an aromatic ring is 1. The minimum absolute atomic E-state index is 0.0372. The Morgan fingerprint density at radius 2 is 1.95 bits per heavy atom. The van der Waals surface area contributed by atoms with Gasteiger partial charge in [-0.2, -0.15) is 5.10 Å². The summed E-state index contributed by atoms with van der Waals surface area (Å²) in [5.41, 5.74) is 8.26. The normalized spacial score (nSPS) is 16.5. The van der Waals surface area contributed by atoms with Crippen molar-refractivity contribution in [3.05, 3.63) is 53.3 Å². The lowest BCUT2D eigenvalue weighted by molar-refractivity contribution is 0.0169. The molecule has 218 valence electrons. The number of likely N-dealkylation sites (tertiary alicyclic amines) is 1. The van der Waals surface area contributed by atoms with Gasteiger partial charge in [0.2, 0.25) is 6.79 Å². The van der Waals surface area contributed by atoms with E-state index in [2.05, 4.69) is 15.3 Å². The summed E-state index contributed by atoms with van der Waals surface area (Å²) in [4.78, 5) is 36.2. The molecule has 2 aliphatic heterocycles. The second-order valence-corrected chi connectivity index (χ2v) is 11.6. The lowest BCUT2D eigenvalue weighted by Gasteiger charge is -2.34. The zero-order valence-electron chi connectivity index (χ0n) is 23.4. The Morgan fingerprint density at radius 3 is 2.74 bits per heavy atom. The van der Waals surface area contributed by atoms with Crippen LogP contribution in [-0.4, -0.2) is 62.1 Å². The van der Waals surface area contributed by atoms with Crippen LogP contribution in [0, 0.1) is 0 Å². The van der Waals surface area contributed by atoms with Gasteiger partial charge in [-0.15, -0.1) is 0 Å². The number of hydrogen-bond donors (Lipinski definition) is 2. The van der Waals surface area contributed by atoms with Gasteiger partial charge in [0.1, 0.15) is 23.4 Å². The maximum Gasteiger partial charge on any atom is 0.410 e. The van der Waals surface area contributed by atoms with Crippen molar-refractivity contribution in [2.45, 2.75) is 45.3 Å². The fourth-order valence-corrected chi connectivity index (χ4v) is 5.38. The second kappa shape index (κ2) is 10.7. The van der Waals surface area contributed by atoms with Gasteiger partial charge in [0.15, 0.2) is 17.1 Å². The smallest absolute Gasteiger partial charge is 0.410 e. The summed E-state index contributed by atoms with van der Waals surface area (Å²) in [7, 11) is 0. The van der Waals surface area contributed by atoms with Gasteiger partial charge in [0, 0.05) is 29.2 Å². The van der Waals surface area contributed by atoms with Crippen molar-refractivity contribution >= 4 is 46.1 Å². The lowest BCUT2D eigenvalue weighted by Crippen LogP contribution is -2.43. The third-order valence-electron chi connectivity index (χ3n) is 7.02. The molecule has 6 rings (SSSR count). The number of hydrogen-bond acceptors (Lipinski definition) is 9. The SMILES string of the molecule is CC(C)(C)OC(=O)N1CCC[C@@H](n2nc(-c3ccc(NC(=O)c4cccc(Cl)c4)c4c3OCO4)c3c(N)ncnc32)C1. The minimum Gasteiger partial charge on any atom is -0.453 e. The van der Waals surface area contributed by atoms with Crippen molar-refractivity contribution < 1.29 is 23.8 Å². The Bertz CT molecular complexity index is 1700. The minimum atomic E-state index is -0.598. The summed E-state index contributed by atoms with van der Waals surface area (Å²) in [6.07, 6.45) is 2.59. The number of fused-ring (bicyclic) bond motifs is 2. The Labute approximate surface area is 246 Å². The number of halogens is 1. The van der Waals surface area contributed by atoms with Gasteiger partial charge in [-0.25, -0.2) is 19.4 Å². The molecule has 42 heavy (non-hydrogen) atoms. The lowest BCUT2D eigenvalue weighted by atomic mass is 10.1. The number of piperidine rings is 1. The monoisotopic (exact) mass is 591 g/mol. The van der Waals surface area contributed by atoms with Crippen LogP contribution < -0.4 is 20.5 Å². The van der Waals surface area contributed by atoms with E-state index in [1.54, 1.807) is 46.0 Å². The predicted molar refractivity (Wildman–Crippen MR) is 157 cm³/mol. The zero-order chi connectivity index (χ0) is 29.6. The third kappa shape index (κ3) is 5.25. The van der Waals surface area contributed by atoms with Crippen molar-refractivity contribution in [3.63, 3.8) is 0 Å². The molecular weight excluding hydrogens is 562 g/mol. The first-order chi connectivity index (χ1) is 20.1. The predicted octanol–water partition coefficient (Wildman–Crippen LogP) is 5.28. The molecule has 0 aliphatic carbocycles. The number of ether oxygens (including phenoxy) is 3. The number of benzene rings is 2. The van der Waals surface area contributed by atoms with Crippen LogP contribution in [0.1, 0.15) is 50.0 Å². The van der Waals surface area contributed by atoms with Gasteiger partial charge in [0.25, 0.3) is 5.91 Å². The fraction of sp³-hybridized carbons (Fsp3) is 0.345. The number of carbonyl (C=O) groups excluding carboxylic acids is 2. The maximum atomic E-state index is 12.9. The van der Waals surface area contributed by atoms with Crippen LogP contribution in [0.3, 0.4) is 0 Å². The van der Waals surface area contributed by atoms with Crippen LogP contribution >= 0.6 is 11.6 Å². The number of nitrogens with zero attached hydrogens (tertiary/aromatic N) is 5. The molecule has 2 amide bonds. The zero-order valence-corrected chi connectivity index (χ0v) is 24.1. The molecule has 0 unspecified atom stereocenters. The van der Waals surface area contributed by atoms with Crippen LogP contribution in [0.25, 0.3) is 22.3 Å². The molecule has 4 heterocycles. The highest BCUT2D eigenvalue weighted by Crippen LogP contribution is 2.48. The van der Waals surface area contributed by atoms with E-state index in [0.29, 0.717) is 63.2 Å². The summed E-state index contributed by atoms with van der Waals surface area (Å²) in [5.74, 6) is 0.691. The molecule has 0 saturated carbocycles. The molecule has 1 fully saturated rings. The highest BCUT2D eigenvalue weighted by atomic mass is 35.5. The quantitative estimate of drug-likeness (QED) is 0.323. The molecule has 12 nitrogen and oxygen atoms in total. The molecular formula is C29H30ClN7O5. The molecule has 1 atom stereocenters. The first-order valence-corrected chi connectivity index (χ1v) is 13.9. The third-order valence-corrected chi connectivity index (χ3v) is 7.26. The number of aromatic nitrogens is 4. The van der Waals surface area contributed by atoms with Gasteiger partial charge in [0.05, 0.1) is 17.1 Å². The fourth-order valence-electron chi connectivity index (χ4n) is 5.19. The van der Waals surface area contributed by atoms with Crippen molar-refractivity contribution in [2.75, 3.05) is 30.9 Å². The molecule has 1 saturated heterocycles. The maximum absolute atomic E-state index is 12.9. The van der Waals surface area contributed by atoms with E-state index in [0.717, 1.165) is 12.8 Å². The number of carbonyl (C=O) groups is 2. The van der Waals surface area contributed by atoms with Crippen molar-refractivity contribution in [2.24, 2.45) is 0 Å². The van der Waals surface area contributed by atoms with Crippen LogP contribution in [0.2, 0.25) is 5.02 Å². The van der Waals surface area contributed by atoms with Crippen LogP contribution in [0.5, 0.6) is 11.5 Å². The highest BCUT2D eigenvalue weighted by Gasteiger charge is 2.33. The summed E-state index contributed by atoms with van der Waals surface area (Å²) in [6, 6.07) is 10.00. The number of anilines is 2. The van der Waals surface area contributed by atoms with Crippen molar-refractivity contribution in [1.29, 1.82) is 0 Å². The van der Waals surface area contributed by atoms with E-state index >= 15 is 0 Å². The summed E-state index contributed by atoms with van der Waals surface area (Å²) in [6.45, 7) is 6.49. The second-order valence-electron chi connectivity index (χ2n) is 11.2. The van der Waals surface area contributed by atoms with Gasteiger partial charge in [-0.1, -0.05) is 17.7 Å². The largest absolute Gasteiger partial charge is 0.453 e. The van der Waals surface area contributed by atoms with Crippen molar-refractivity contribution in [1.82, 2.24) is 24.6 Å². The molecule has 2 aliphatic rings. The molecule has 3 N–H and O–H groups in total. The van der Waals surface area contributed by atoms with E-state index in [4.69, 9.17) is 36.6 Å². The average Bonchev–Trinajstić information content (AvgIpc) is 3.59. The van der Waals surface area contributed by atoms with Crippen molar-refractivity contribution in [3.8, 4) is 22.8 Å². The number of nitrogens with two attached hydrogens (primary N) is 1. The van der Waals surface area contributed by atoms with Crippen LogP contribution in [0.4, 0.5) is 16.3 Å². The van der Waals surface area contributed by atoms with E-state index in [1.165, 1.54) is 6.33 Å². The van der Waals surface area contributed by atoms with Crippen LogP contribution in [0.15, 0.2) is 42.7 Å². The molecule has 4 aromatic rings. The Balaban J connectivity index is 1.36. The first-order valence-electron chi connectivity index (χ1n) is 13.6. The Hall–Kier alpha value is -4.58. The standard InChI is InChI=1S/C29H30ClN7O5/c1-29(2,3)42-28(39)36-11-5-8-18(13-36)37-26-21(25(31)32-14-33-26)22(35-37)19-9-10-20(24-23(19)40-15-41-24)34-27(38)16-6-4-7-17(30)12-16/h4,6-7,9-10,12,14,18H,5,8,11,13,15H2,1-3H3,(H,34,38)(H2,31,32,33)/t18-/m1/s1. The average molecular weight is 592 g/mol. The summed E-state index contributed by atoms with van der Waals surface area (Å²) in [5, 5.41) is 8.84. The Morgan fingerprint density at radius 1 is 1.14 bits per heavy atom. The van der Waals surface area contributed by atoms with E-state index in [-0.39, 0.29) is 30.7 Å². The molecule has 2 aromatic heterocycles. The van der Waals surface area contributed by atoms with Gasteiger partial charge >= 0.3 is 6.09 Å². The van der Waals surface area contributed by atoms with Gasteiger partial charge in [-0.05, 0) is 63.9 Å². The van der Waals surface area contributed by atoms with Crippen LogP contribution in [-0.2, 0) is 4.74 Å². The molecule has 13 heteroatoms. The van der Waals surface area contributed by atoms with E-state index in [1.807, 2.05) is 20.8 Å². The summed E-state index contributed by atoms with van der Waals surface area (Å²) < 4.78 is 19.1. The van der Waals surface area contributed by atoms with Gasteiger partial charge in [-0.3, -0.25) is 4.79 Å². The van der Waals surface area contributed by atoms with E-state index in [9.17, 15) is 9.59 Å². The molecule has 0 spiro atoms.